The Morgan fingerprint density at radius 2 is 1.67 bits per heavy atom. The molecule has 4 aromatic carbocycles. The van der Waals surface area contributed by atoms with Gasteiger partial charge in [-0.2, -0.15) is 0 Å². The number of benzene rings is 4. The molecule has 0 aliphatic carbocycles. The summed E-state index contributed by atoms with van der Waals surface area (Å²) < 4.78 is 29.9. The molecule has 0 fully saturated rings. The van der Waals surface area contributed by atoms with Gasteiger partial charge in [-0.15, -0.1) is 35.9 Å². The van der Waals surface area contributed by atoms with Gasteiger partial charge in [0.05, 0.1) is 16.9 Å². The van der Waals surface area contributed by atoms with Crippen molar-refractivity contribution in [3.05, 3.63) is 150 Å². The van der Waals surface area contributed by atoms with Crippen molar-refractivity contribution in [2.75, 3.05) is 0 Å². The van der Waals surface area contributed by atoms with E-state index in [2.05, 4.69) is 98.6 Å². The smallest absolute Gasteiger partial charge is 0.0770 e. The number of imidazole rings is 1. The molecule has 0 unspecified atom stereocenters. The summed E-state index contributed by atoms with van der Waals surface area (Å²) in [5.41, 5.74) is 11.9. The van der Waals surface area contributed by atoms with E-state index in [0.29, 0.717) is 11.8 Å². The first kappa shape index (κ1) is 30.7. The SMILES string of the molecule is C=C(C)c1ccc2o[c-]c(-c3nc4ccccc4n3Cc3c(C(C)C)cccc3C(C)C)c2c1.[2H]C([2H])([2H])c1ccc(-c2[c-]cccc2)nc1.[Ir]. The number of allylic oxidation sites excluding steroid dienone is 1. The van der Waals surface area contributed by atoms with Crippen LogP contribution in [0, 0.1) is 19.2 Å². The molecule has 3 aromatic heterocycles. The van der Waals surface area contributed by atoms with Crippen LogP contribution in [-0.2, 0) is 26.7 Å². The van der Waals surface area contributed by atoms with E-state index in [0.717, 1.165) is 62.3 Å². The average molecular weight is 811 g/mol. The van der Waals surface area contributed by atoms with Gasteiger partial charge in [0.25, 0.3) is 0 Å². The van der Waals surface area contributed by atoms with Gasteiger partial charge in [0.2, 0.25) is 0 Å². The zero-order valence-corrected chi connectivity index (χ0v) is 30.4. The fourth-order valence-corrected chi connectivity index (χ4v) is 5.98. The number of fused-ring (bicyclic) bond motifs is 2. The molecule has 4 nitrogen and oxygen atoms in total. The Labute approximate surface area is 302 Å². The normalized spacial score (nSPS) is 12.3. The quantitative estimate of drug-likeness (QED) is 0.151. The fraction of sp³-hybridized carbons (Fsp3) is 0.209. The van der Waals surface area contributed by atoms with E-state index in [9.17, 15) is 0 Å². The Kier molecular flexibility index (Phi) is 9.68. The van der Waals surface area contributed by atoms with Crippen molar-refractivity contribution in [3.8, 4) is 22.6 Å². The third kappa shape index (κ3) is 7.28. The summed E-state index contributed by atoms with van der Waals surface area (Å²) >= 11 is 0. The molecule has 0 atom stereocenters. The minimum absolute atomic E-state index is 0. The Balaban J connectivity index is 0.000000249. The molecule has 7 rings (SSSR count). The number of hydrogen-bond acceptors (Lipinski definition) is 3. The predicted octanol–water partition coefficient (Wildman–Crippen LogP) is 11.4. The number of pyridine rings is 1. The number of furan rings is 1. The van der Waals surface area contributed by atoms with Crippen LogP contribution < -0.4 is 0 Å². The van der Waals surface area contributed by atoms with Gasteiger partial charge in [-0.05, 0) is 71.3 Å². The van der Waals surface area contributed by atoms with Crippen LogP contribution in [0.5, 0.6) is 0 Å². The van der Waals surface area contributed by atoms with Gasteiger partial charge in [-0.25, -0.2) is 0 Å². The topological polar surface area (TPSA) is 43.9 Å². The third-order valence-electron chi connectivity index (χ3n) is 8.44. The van der Waals surface area contributed by atoms with Crippen molar-refractivity contribution < 1.29 is 28.6 Å². The Hall–Kier alpha value is -4.57. The molecule has 0 saturated heterocycles. The van der Waals surface area contributed by atoms with E-state index in [4.69, 9.17) is 13.5 Å². The zero-order valence-electron chi connectivity index (χ0n) is 31.0. The zero-order chi connectivity index (χ0) is 35.6. The van der Waals surface area contributed by atoms with Gasteiger partial charge in [-0.3, -0.25) is 4.98 Å². The summed E-state index contributed by atoms with van der Waals surface area (Å²) in [6.45, 7) is 13.9. The van der Waals surface area contributed by atoms with Gasteiger partial charge in [0, 0.05) is 48.8 Å². The molecule has 245 valence electrons. The summed E-state index contributed by atoms with van der Waals surface area (Å²) in [6, 6.07) is 35.0. The molecule has 0 saturated carbocycles. The first-order valence-corrected chi connectivity index (χ1v) is 16.0. The van der Waals surface area contributed by atoms with Gasteiger partial charge < -0.3 is 14.0 Å². The molecular weight excluding hydrogens is 767 g/mol. The Morgan fingerprint density at radius 3 is 2.31 bits per heavy atom. The second kappa shape index (κ2) is 15.1. The second-order valence-corrected chi connectivity index (χ2v) is 12.5. The largest absolute Gasteiger partial charge is 0.557 e. The second-order valence-electron chi connectivity index (χ2n) is 12.5. The van der Waals surface area contributed by atoms with Gasteiger partial charge in [-0.1, -0.05) is 111 Å². The first-order valence-electron chi connectivity index (χ1n) is 17.5. The van der Waals surface area contributed by atoms with Crippen LogP contribution in [0.15, 0.2) is 114 Å². The number of aromatic nitrogens is 3. The van der Waals surface area contributed by atoms with Crippen LogP contribution in [0.3, 0.4) is 0 Å². The molecular formula is C43H41IrN3O-2. The molecule has 1 radical (unpaired) electrons. The Bertz CT molecular complexity index is 2240. The maximum absolute atomic E-state index is 7.23. The van der Waals surface area contributed by atoms with Crippen molar-refractivity contribution in [2.24, 2.45) is 0 Å². The minimum atomic E-state index is -2.09. The number of nitrogens with zero attached hydrogens (tertiary/aromatic N) is 3. The van der Waals surface area contributed by atoms with Crippen LogP contribution >= 0.6 is 0 Å². The summed E-state index contributed by atoms with van der Waals surface area (Å²) in [7, 11) is 0. The predicted molar refractivity (Wildman–Crippen MR) is 195 cm³/mol. The minimum Gasteiger partial charge on any atom is -0.557 e. The Morgan fingerprint density at radius 1 is 0.917 bits per heavy atom. The van der Waals surface area contributed by atoms with Crippen LogP contribution in [0.2, 0.25) is 0 Å². The molecule has 0 spiro atoms. The monoisotopic (exact) mass is 811 g/mol. The van der Waals surface area contributed by atoms with E-state index in [1.54, 1.807) is 18.2 Å². The van der Waals surface area contributed by atoms with E-state index in [1.807, 2.05) is 43.3 Å². The van der Waals surface area contributed by atoms with Gasteiger partial charge in [0.15, 0.2) is 0 Å². The number of aryl methyl sites for hydroxylation is 1. The van der Waals surface area contributed by atoms with Crippen molar-refractivity contribution in [1.82, 2.24) is 14.5 Å². The summed E-state index contributed by atoms with van der Waals surface area (Å²) in [6.07, 6.45) is 4.56. The summed E-state index contributed by atoms with van der Waals surface area (Å²) in [5.74, 6) is 1.75. The number of para-hydroxylation sites is 2. The average Bonchev–Trinajstić information content (AvgIpc) is 3.69. The van der Waals surface area contributed by atoms with Crippen molar-refractivity contribution in [1.29, 1.82) is 0 Å². The number of hydrogen-bond donors (Lipinski definition) is 0. The molecule has 0 bridgehead atoms. The van der Waals surface area contributed by atoms with Crippen LogP contribution in [0.25, 0.3) is 50.2 Å². The van der Waals surface area contributed by atoms with E-state index in [1.165, 1.54) is 22.9 Å². The van der Waals surface area contributed by atoms with Gasteiger partial charge >= 0.3 is 0 Å². The maximum atomic E-state index is 7.23. The standard InChI is InChI=1S/C31H31N2O.C12H10N.Ir/c1-19(2)22-14-15-30-25(16-22)27(18-34-30)31-32-28-12-7-8-13-29(28)33(31)17-26-23(20(3)4)10-9-11-24(26)21(5)6;1-10-7-8-12(13-9-10)11-5-3-2-4-6-11;/h7-16,20-21H,1,17H2,2-6H3;2-5,7-9H,1H3;/q2*-1;/i;1D3;. The van der Waals surface area contributed by atoms with Crippen molar-refractivity contribution in [3.63, 3.8) is 0 Å². The van der Waals surface area contributed by atoms with E-state index in [-0.39, 0.29) is 25.7 Å². The molecule has 5 heteroatoms. The summed E-state index contributed by atoms with van der Waals surface area (Å²) in [5, 5.41) is 1.01. The van der Waals surface area contributed by atoms with Crippen molar-refractivity contribution in [2.45, 2.75) is 59.9 Å². The van der Waals surface area contributed by atoms with Crippen LogP contribution in [-0.4, -0.2) is 14.5 Å². The van der Waals surface area contributed by atoms with E-state index < -0.39 is 6.85 Å². The maximum Gasteiger partial charge on any atom is 0.0770 e. The molecule has 0 aliphatic heterocycles. The third-order valence-corrected chi connectivity index (χ3v) is 8.44. The molecule has 3 heterocycles. The van der Waals surface area contributed by atoms with Crippen molar-refractivity contribution >= 4 is 27.6 Å². The molecule has 0 amide bonds. The molecule has 0 N–H and O–H groups in total. The van der Waals surface area contributed by atoms with Crippen LogP contribution in [0.4, 0.5) is 0 Å². The molecule has 0 aliphatic rings. The molecule has 7 aromatic rings. The van der Waals surface area contributed by atoms with Gasteiger partial charge in [0.1, 0.15) is 0 Å². The fourth-order valence-electron chi connectivity index (χ4n) is 5.98. The van der Waals surface area contributed by atoms with Crippen LogP contribution in [0.1, 0.15) is 78.4 Å². The molecule has 48 heavy (non-hydrogen) atoms. The summed E-state index contributed by atoms with van der Waals surface area (Å²) in [4.78, 5) is 9.20. The van der Waals surface area contributed by atoms with E-state index >= 15 is 0 Å². The first-order chi connectivity index (χ1) is 23.9. The number of rotatable bonds is 7.